The van der Waals surface area contributed by atoms with Crippen molar-refractivity contribution in [2.75, 3.05) is 6.61 Å². The molecule has 0 amide bonds. The molecule has 0 saturated carbocycles. The summed E-state index contributed by atoms with van der Waals surface area (Å²) in [4.78, 5) is 0. The van der Waals surface area contributed by atoms with Crippen LogP contribution in [0.25, 0.3) is 5.57 Å². The van der Waals surface area contributed by atoms with Gasteiger partial charge in [-0.05, 0) is 92.8 Å². The SMILES string of the molecule is C=C/C(C)=C(\C=C/C)c1ccc(CCCCCOc2ccccc2C)cc1C. The summed E-state index contributed by atoms with van der Waals surface area (Å²) in [6.45, 7) is 13.2. The highest BCUT2D eigenvalue weighted by Crippen LogP contribution is 2.26. The average molecular weight is 375 g/mol. The zero-order valence-corrected chi connectivity index (χ0v) is 17.9. The van der Waals surface area contributed by atoms with E-state index in [-0.39, 0.29) is 0 Å². The molecule has 0 fully saturated rings. The largest absolute Gasteiger partial charge is 0.493 e. The van der Waals surface area contributed by atoms with Crippen LogP contribution in [0.4, 0.5) is 0 Å². The van der Waals surface area contributed by atoms with Gasteiger partial charge in [-0.15, -0.1) is 0 Å². The first-order valence-electron chi connectivity index (χ1n) is 10.3. The standard InChI is InChI=1S/C27H34O/c1-6-13-25(21(3)7-2)26-18-17-24(20-23(26)5)15-9-8-12-19-28-27-16-11-10-14-22(27)4/h6-7,10-11,13-14,16-18,20H,2,8-9,12,15,19H2,1,3-5H3/b13-6-,25-21+. The van der Waals surface area contributed by atoms with Crippen LogP contribution in [-0.4, -0.2) is 6.61 Å². The minimum Gasteiger partial charge on any atom is -0.493 e. The van der Waals surface area contributed by atoms with Crippen molar-refractivity contribution in [2.24, 2.45) is 0 Å². The van der Waals surface area contributed by atoms with Crippen LogP contribution in [0.3, 0.4) is 0 Å². The van der Waals surface area contributed by atoms with Crippen molar-refractivity contribution in [3.05, 3.63) is 95.1 Å². The Morgan fingerprint density at radius 3 is 2.46 bits per heavy atom. The molecule has 2 aromatic rings. The molecule has 2 aromatic carbocycles. The third-order valence-electron chi connectivity index (χ3n) is 5.11. The first-order valence-corrected chi connectivity index (χ1v) is 10.3. The molecule has 0 aliphatic carbocycles. The van der Waals surface area contributed by atoms with Gasteiger partial charge in [0.15, 0.2) is 0 Å². The van der Waals surface area contributed by atoms with Crippen molar-refractivity contribution in [1.29, 1.82) is 0 Å². The Balaban J connectivity index is 1.84. The summed E-state index contributed by atoms with van der Waals surface area (Å²) in [6.07, 6.45) is 10.8. The number of hydrogen-bond donors (Lipinski definition) is 0. The first kappa shape index (κ1) is 21.8. The predicted molar refractivity (Wildman–Crippen MR) is 123 cm³/mol. The summed E-state index contributed by atoms with van der Waals surface area (Å²) < 4.78 is 5.89. The Hall–Kier alpha value is -2.54. The van der Waals surface area contributed by atoms with Gasteiger partial charge in [-0.3, -0.25) is 0 Å². The molecule has 2 rings (SSSR count). The molecule has 0 unspecified atom stereocenters. The van der Waals surface area contributed by atoms with Crippen molar-refractivity contribution in [3.8, 4) is 5.75 Å². The molecular formula is C27H34O. The van der Waals surface area contributed by atoms with E-state index in [9.17, 15) is 0 Å². The van der Waals surface area contributed by atoms with Crippen LogP contribution < -0.4 is 4.74 Å². The maximum Gasteiger partial charge on any atom is 0.122 e. The van der Waals surface area contributed by atoms with E-state index < -0.39 is 0 Å². The lowest BCUT2D eigenvalue weighted by Crippen LogP contribution is -1.99. The van der Waals surface area contributed by atoms with Crippen LogP contribution in [0.5, 0.6) is 5.75 Å². The summed E-state index contributed by atoms with van der Waals surface area (Å²) in [5, 5.41) is 0. The third kappa shape index (κ3) is 6.27. The lowest BCUT2D eigenvalue weighted by atomic mass is 9.93. The lowest BCUT2D eigenvalue weighted by Gasteiger charge is -2.12. The summed E-state index contributed by atoms with van der Waals surface area (Å²) in [5.41, 5.74) is 7.71. The molecule has 0 bridgehead atoms. The van der Waals surface area contributed by atoms with Gasteiger partial charge in [0.2, 0.25) is 0 Å². The number of para-hydroxylation sites is 1. The molecule has 28 heavy (non-hydrogen) atoms. The second kappa shape index (κ2) is 11.3. The van der Waals surface area contributed by atoms with Gasteiger partial charge in [-0.25, -0.2) is 0 Å². The Morgan fingerprint density at radius 1 is 1.00 bits per heavy atom. The molecule has 0 aliphatic heterocycles. The van der Waals surface area contributed by atoms with Crippen molar-refractivity contribution >= 4 is 5.57 Å². The fourth-order valence-corrected chi connectivity index (χ4v) is 3.40. The van der Waals surface area contributed by atoms with Crippen LogP contribution in [0, 0.1) is 13.8 Å². The monoisotopic (exact) mass is 374 g/mol. The molecule has 0 aromatic heterocycles. The minimum absolute atomic E-state index is 0.793. The highest BCUT2D eigenvalue weighted by atomic mass is 16.5. The number of allylic oxidation sites excluding steroid dienone is 5. The van der Waals surface area contributed by atoms with E-state index in [0.29, 0.717) is 0 Å². The zero-order valence-electron chi connectivity index (χ0n) is 17.9. The number of unbranched alkanes of at least 4 members (excludes halogenated alkanes) is 2. The van der Waals surface area contributed by atoms with E-state index in [0.717, 1.165) is 25.2 Å². The Morgan fingerprint density at radius 2 is 1.79 bits per heavy atom. The highest BCUT2D eigenvalue weighted by molar-refractivity contribution is 5.79. The molecule has 0 N–H and O–H groups in total. The van der Waals surface area contributed by atoms with Crippen molar-refractivity contribution < 1.29 is 4.74 Å². The fraction of sp³-hybridized carbons (Fsp3) is 0.333. The molecule has 148 valence electrons. The normalized spacial score (nSPS) is 12.1. The van der Waals surface area contributed by atoms with Gasteiger partial charge in [-0.2, -0.15) is 0 Å². The van der Waals surface area contributed by atoms with Crippen LogP contribution in [0.1, 0.15) is 55.4 Å². The third-order valence-corrected chi connectivity index (χ3v) is 5.11. The lowest BCUT2D eigenvalue weighted by molar-refractivity contribution is 0.303. The van der Waals surface area contributed by atoms with Crippen LogP contribution in [0.2, 0.25) is 0 Å². The van der Waals surface area contributed by atoms with Gasteiger partial charge in [0.1, 0.15) is 5.75 Å². The first-order chi connectivity index (χ1) is 13.6. The molecular weight excluding hydrogens is 340 g/mol. The summed E-state index contributed by atoms with van der Waals surface area (Å²) in [5.74, 6) is 1.01. The summed E-state index contributed by atoms with van der Waals surface area (Å²) in [6, 6.07) is 15.1. The van der Waals surface area contributed by atoms with E-state index in [1.54, 1.807) is 0 Å². The summed E-state index contributed by atoms with van der Waals surface area (Å²) in [7, 11) is 0. The van der Waals surface area contributed by atoms with Crippen LogP contribution in [0.15, 0.2) is 72.8 Å². The van der Waals surface area contributed by atoms with Crippen molar-refractivity contribution in [3.63, 3.8) is 0 Å². The number of aryl methyl sites for hydroxylation is 3. The Labute approximate surface area is 171 Å². The van der Waals surface area contributed by atoms with Gasteiger partial charge in [0.05, 0.1) is 6.61 Å². The second-order valence-corrected chi connectivity index (χ2v) is 7.37. The van der Waals surface area contributed by atoms with Gasteiger partial charge in [-0.1, -0.05) is 61.2 Å². The predicted octanol–water partition coefficient (Wildman–Crippen LogP) is 7.63. The smallest absolute Gasteiger partial charge is 0.122 e. The van der Waals surface area contributed by atoms with Gasteiger partial charge in [0, 0.05) is 0 Å². The van der Waals surface area contributed by atoms with Gasteiger partial charge in [0.25, 0.3) is 0 Å². The van der Waals surface area contributed by atoms with E-state index in [1.807, 2.05) is 24.3 Å². The molecule has 0 spiro atoms. The molecule has 0 heterocycles. The second-order valence-electron chi connectivity index (χ2n) is 7.37. The van der Waals surface area contributed by atoms with E-state index in [1.165, 1.54) is 46.2 Å². The Kier molecular flexibility index (Phi) is 8.81. The number of hydrogen-bond acceptors (Lipinski definition) is 1. The van der Waals surface area contributed by atoms with E-state index >= 15 is 0 Å². The molecule has 0 radical (unpaired) electrons. The quantitative estimate of drug-likeness (QED) is 0.307. The zero-order chi connectivity index (χ0) is 20.4. The molecule has 0 aliphatic rings. The van der Waals surface area contributed by atoms with Crippen molar-refractivity contribution in [2.45, 2.75) is 53.4 Å². The molecule has 1 nitrogen and oxygen atoms in total. The molecule has 1 heteroatoms. The number of ether oxygens (including phenoxy) is 1. The number of benzene rings is 2. The van der Waals surface area contributed by atoms with Gasteiger partial charge < -0.3 is 4.74 Å². The van der Waals surface area contributed by atoms with E-state index in [2.05, 4.69) is 70.7 Å². The summed E-state index contributed by atoms with van der Waals surface area (Å²) >= 11 is 0. The maximum absolute atomic E-state index is 5.89. The minimum atomic E-state index is 0.793. The Bertz CT molecular complexity index is 839. The highest BCUT2D eigenvalue weighted by Gasteiger charge is 2.06. The molecule has 0 saturated heterocycles. The van der Waals surface area contributed by atoms with Crippen LogP contribution >= 0.6 is 0 Å². The fourth-order valence-electron chi connectivity index (χ4n) is 3.40. The van der Waals surface area contributed by atoms with Gasteiger partial charge >= 0.3 is 0 Å². The van der Waals surface area contributed by atoms with E-state index in [4.69, 9.17) is 4.74 Å². The van der Waals surface area contributed by atoms with Crippen LogP contribution in [-0.2, 0) is 6.42 Å². The average Bonchev–Trinajstić information content (AvgIpc) is 2.70. The molecule has 0 atom stereocenters. The van der Waals surface area contributed by atoms with Crippen molar-refractivity contribution in [1.82, 2.24) is 0 Å². The number of rotatable bonds is 10. The topological polar surface area (TPSA) is 9.23 Å². The maximum atomic E-state index is 5.89.